The molecule has 0 fully saturated rings. The van der Waals surface area contributed by atoms with Gasteiger partial charge in [0.25, 0.3) is 5.56 Å². The van der Waals surface area contributed by atoms with E-state index in [0.29, 0.717) is 0 Å². The standard InChI is InChI=1S/C12H11F3N2O3/c13-12(14,15)7-2-1-3-8(6-7)17-11(20)9(4-5-18)10(19)16-17/h1-3,6,18,20H,4-5H2,(H,16,19). The van der Waals surface area contributed by atoms with E-state index in [0.717, 1.165) is 16.8 Å². The van der Waals surface area contributed by atoms with E-state index >= 15 is 0 Å². The van der Waals surface area contributed by atoms with Crippen LogP contribution in [0, 0.1) is 0 Å². The minimum atomic E-state index is -4.52. The lowest BCUT2D eigenvalue weighted by Crippen LogP contribution is -2.09. The van der Waals surface area contributed by atoms with Gasteiger partial charge in [-0.3, -0.25) is 9.89 Å². The van der Waals surface area contributed by atoms with Gasteiger partial charge >= 0.3 is 6.18 Å². The maximum absolute atomic E-state index is 12.6. The molecule has 0 saturated heterocycles. The second kappa shape index (κ2) is 5.04. The van der Waals surface area contributed by atoms with Crippen molar-refractivity contribution < 1.29 is 23.4 Å². The van der Waals surface area contributed by atoms with Gasteiger partial charge in [0.05, 0.1) is 16.8 Å². The molecule has 0 unspecified atom stereocenters. The highest BCUT2D eigenvalue weighted by Gasteiger charge is 2.30. The average Bonchev–Trinajstić information content (AvgIpc) is 2.66. The Morgan fingerprint density at radius 2 is 2.00 bits per heavy atom. The molecule has 20 heavy (non-hydrogen) atoms. The van der Waals surface area contributed by atoms with Gasteiger partial charge < -0.3 is 10.2 Å². The summed E-state index contributed by atoms with van der Waals surface area (Å²) in [6.45, 7) is -0.358. The van der Waals surface area contributed by atoms with Gasteiger partial charge in [-0.05, 0) is 18.2 Å². The van der Waals surface area contributed by atoms with E-state index in [1.807, 2.05) is 0 Å². The number of aromatic amines is 1. The largest absolute Gasteiger partial charge is 0.493 e. The van der Waals surface area contributed by atoms with Crippen molar-refractivity contribution in [2.45, 2.75) is 12.6 Å². The van der Waals surface area contributed by atoms with Crippen molar-refractivity contribution in [2.75, 3.05) is 6.61 Å². The van der Waals surface area contributed by atoms with Crippen LogP contribution in [0.2, 0.25) is 0 Å². The van der Waals surface area contributed by atoms with Crippen molar-refractivity contribution >= 4 is 0 Å². The zero-order valence-electron chi connectivity index (χ0n) is 10.1. The summed E-state index contributed by atoms with van der Waals surface area (Å²) in [5.74, 6) is -0.511. The number of nitrogens with zero attached hydrogens (tertiary/aromatic N) is 1. The fourth-order valence-electron chi connectivity index (χ4n) is 1.80. The molecule has 108 valence electrons. The predicted molar refractivity (Wildman–Crippen MR) is 63.8 cm³/mol. The van der Waals surface area contributed by atoms with Crippen LogP contribution in [-0.4, -0.2) is 26.6 Å². The van der Waals surface area contributed by atoms with Crippen LogP contribution in [-0.2, 0) is 12.6 Å². The highest BCUT2D eigenvalue weighted by Crippen LogP contribution is 2.31. The van der Waals surface area contributed by atoms with E-state index < -0.39 is 23.2 Å². The molecule has 2 rings (SSSR count). The molecule has 1 heterocycles. The summed E-state index contributed by atoms with van der Waals surface area (Å²) in [5, 5.41) is 20.8. The minimum absolute atomic E-state index is 0.0291. The molecule has 0 radical (unpaired) electrons. The zero-order chi connectivity index (χ0) is 14.9. The van der Waals surface area contributed by atoms with Crippen molar-refractivity contribution in [3.8, 4) is 11.6 Å². The summed E-state index contributed by atoms with van der Waals surface area (Å²) >= 11 is 0. The molecule has 8 heteroatoms. The minimum Gasteiger partial charge on any atom is -0.493 e. The van der Waals surface area contributed by atoms with E-state index in [1.165, 1.54) is 12.1 Å². The van der Waals surface area contributed by atoms with Crippen LogP contribution in [0.25, 0.3) is 5.69 Å². The van der Waals surface area contributed by atoms with E-state index in [2.05, 4.69) is 5.10 Å². The number of benzene rings is 1. The summed E-state index contributed by atoms with van der Waals surface area (Å²) in [7, 11) is 0. The third kappa shape index (κ3) is 2.55. The topological polar surface area (TPSA) is 78.2 Å². The normalized spacial score (nSPS) is 11.8. The number of aliphatic hydroxyl groups excluding tert-OH is 1. The number of alkyl halides is 3. The Bertz CT molecular complexity index is 673. The molecule has 2 aromatic rings. The molecule has 1 aromatic carbocycles. The van der Waals surface area contributed by atoms with Gasteiger partial charge in [0, 0.05) is 13.0 Å². The molecule has 0 spiro atoms. The number of halogens is 3. The van der Waals surface area contributed by atoms with Gasteiger partial charge in [0.2, 0.25) is 5.88 Å². The van der Waals surface area contributed by atoms with Gasteiger partial charge in [-0.15, -0.1) is 0 Å². The molecule has 3 N–H and O–H groups in total. The first-order valence-corrected chi connectivity index (χ1v) is 5.66. The molecule has 5 nitrogen and oxygen atoms in total. The summed E-state index contributed by atoms with van der Waals surface area (Å²) in [6.07, 6.45) is -4.61. The molecule has 0 atom stereocenters. The van der Waals surface area contributed by atoms with E-state index in [1.54, 1.807) is 0 Å². The van der Waals surface area contributed by atoms with E-state index in [4.69, 9.17) is 5.11 Å². The van der Waals surface area contributed by atoms with Crippen molar-refractivity contribution in [2.24, 2.45) is 0 Å². The predicted octanol–water partition coefficient (Wildman–Crippen LogP) is 1.42. The number of hydrogen-bond donors (Lipinski definition) is 3. The Morgan fingerprint density at radius 1 is 1.30 bits per heavy atom. The second-order valence-electron chi connectivity index (χ2n) is 4.10. The average molecular weight is 288 g/mol. The van der Waals surface area contributed by atoms with Crippen molar-refractivity contribution in [1.29, 1.82) is 0 Å². The molecule has 0 aliphatic heterocycles. The quantitative estimate of drug-likeness (QED) is 0.799. The van der Waals surface area contributed by atoms with Gasteiger partial charge in [-0.2, -0.15) is 13.2 Å². The first-order valence-electron chi connectivity index (χ1n) is 5.66. The molecule has 0 amide bonds. The summed E-state index contributed by atoms with van der Waals surface area (Å²) in [6, 6.07) is 4.17. The van der Waals surface area contributed by atoms with Crippen LogP contribution in [0.15, 0.2) is 29.1 Å². The lowest BCUT2D eigenvalue weighted by molar-refractivity contribution is -0.137. The number of aromatic nitrogens is 2. The first kappa shape index (κ1) is 14.2. The summed E-state index contributed by atoms with van der Waals surface area (Å²) in [4.78, 5) is 11.5. The smallest absolute Gasteiger partial charge is 0.416 e. The van der Waals surface area contributed by atoms with E-state index in [9.17, 15) is 23.1 Å². The lowest BCUT2D eigenvalue weighted by atomic mass is 10.2. The number of aromatic hydroxyl groups is 1. The number of aliphatic hydroxyl groups is 1. The van der Waals surface area contributed by atoms with Gasteiger partial charge in [-0.1, -0.05) is 6.07 Å². The molecule has 0 bridgehead atoms. The molecule has 0 aliphatic rings. The molecule has 0 saturated carbocycles. The monoisotopic (exact) mass is 288 g/mol. The molecule has 1 aromatic heterocycles. The zero-order valence-corrected chi connectivity index (χ0v) is 10.1. The number of hydrogen-bond acceptors (Lipinski definition) is 3. The molecule has 0 aliphatic carbocycles. The fraction of sp³-hybridized carbons (Fsp3) is 0.250. The van der Waals surface area contributed by atoms with Crippen LogP contribution in [0.1, 0.15) is 11.1 Å². The Balaban J connectivity index is 2.53. The Hall–Kier alpha value is -2.22. The highest BCUT2D eigenvalue weighted by molar-refractivity contribution is 5.41. The summed E-state index contributed by atoms with van der Waals surface area (Å²) in [5.41, 5.74) is -1.66. The highest BCUT2D eigenvalue weighted by atomic mass is 19.4. The van der Waals surface area contributed by atoms with E-state index in [-0.39, 0.29) is 24.3 Å². The van der Waals surface area contributed by atoms with Crippen molar-refractivity contribution in [3.05, 3.63) is 45.7 Å². The van der Waals surface area contributed by atoms with Crippen molar-refractivity contribution in [1.82, 2.24) is 9.78 Å². The van der Waals surface area contributed by atoms with Crippen LogP contribution in [0.4, 0.5) is 13.2 Å². The third-order valence-electron chi connectivity index (χ3n) is 2.76. The van der Waals surface area contributed by atoms with Crippen molar-refractivity contribution in [3.63, 3.8) is 0 Å². The second-order valence-corrected chi connectivity index (χ2v) is 4.10. The van der Waals surface area contributed by atoms with Gasteiger partial charge in [0.1, 0.15) is 0 Å². The lowest BCUT2D eigenvalue weighted by Gasteiger charge is -2.09. The van der Waals surface area contributed by atoms with Crippen LogP contribution < -0.4 is 5.56 Å². The maximum atomic E-state index is 12.6. The Labute approximate surface area is 110 Å². The number of nitrogens with one attached hydrogen (secondary N) is 1. The number of H-pyrrole nitrogens is 1. The van der Waals surface area contributed by atoms with Crippen LogP contribution in [0.3, 0.4) is 0 Å². The number of rotatable bonds is 3. The SMILES string of the molecule is O=c1[nH]n(-c2cccc(C(F)(F)F)c2)c(O)c1CCO. The third-order valence-corrected chi connectivity index (χ3v) is 2.76. The first-order chi connectivity index (χ1) is 9.34. The molecular formula is C12H11F3N2O3. The maximum Gasteiger partial charge on any atom is 0.416 e. The van der Waals surface area contributed by atoms with Gasteiger partial charge in [0.15, 0.2) is 0 Å². The van der Waals surface area contributed by atoms with Crippen LogP contribution in [0.5, 0.6) is 5.88 Å². The fourth-order valence-corrected chi connectivity index (χ4v) is 1.80. The van der Waals surface area contributed by atoms with Gasteiger partial charge in [-0.25, -0.2) is 4.68 Å². The summed E-state index contributed by atoms with van der Waals surface area (Å²) < 4.78 is 38.7. The van der Waals surface area contributed by atoms with Crippen LogP contribution >= 0.6 is 0 Å². The Morgan fingerprint density at radius 3 is 2.60 bits per heavy atom. The molecular weight excluding hydrogens is 277 g/mol. The Kier molecular flexibility index (Phi) is 3.58.